The highest BCUT2D eigenvalue weighted by Gasteiger charge is 2.14. The van der Waals surface area contributed by atoms with E-state index < -0.39 is 5.97 Å². The summed E-state index contributed by atoms with van der Waals surface area (Å²) in [5.41, 5.74) is 3.18. The molecular formula is C19H24N2O3S. The molecule has 2 rings (SSSR count). The molecule has 25 heavy (non-hydrogen) atoms. The number of carbonyl (C=O) groups excluding carboxylic acids is 2. The van der Waals surface area contributed by atoms with Crippen molar-refractivity contribution in [2.75, 3.05) is 25.6 Å². The molecule has 0 bridgehead atoms. The Morgan fingerprint density at radius 1 is 1.20 bits per heavy atom. The molecule has 0 aliphatic carbocycles. The van der Waals surface area contributed by atoms with Gasteiger partial charge in [-0.05, 0) is 42.7 Å². The Hall–Kier alpha value is -2.34. The van der Waals surface area contributed by atoms with Crippen LogP contribution in [0.25, 0.3) is 0 Å². The van der Waals surface area contributed by atoms with Crippen LogP contribution in [-0.4, -0.2) is 32.6 Å². The summed E-state index contributed by atoms with van der Waals surface area (Å²) in [5, 5.41) is 2.76. The van der Waals surface area contributed by atoms with E-state index in [4.69, 9.17) is 4.74 Å². The van der Waals surface area contributed by atoms with Crippen LogP contribution in [0.1, 0.15) is 32.6 Å². The quantitative estimate of drug-likeness (QED) is 0.771. The molecule has 0 radical (unpaired) electrons. The Kier molecular flexibility index (Phi) is 6.58. The summed E-state index contributed by atoms with van der Waals surface area (Å²) >= 11 is 1.42. The van der Waals surface area contributed by atoms with Gasteiger partial charge in [-0.15, -0.1) is 11.3 Å². The van der Waals surface area contributed by atoms with E-state index in [1.54, 1.807) is 0 Å². The number of thiophene rings is 1. The second kappa shape index (κ2) is 8.67. The molecule has 0 aliphatic rings. The van der Waals surface area contributed by atoms with Crippen molar-refractivity contribution in [2.24, 2.45) is 0 Å². The predicted octanol–water partition coefficient (Wildman–Crippen LogP) is 3.16. The molecule has 0 atom stereocenters. The normalized spacial score (nSPS) is 10.4. The van der Waals surface area contributed by atoms with Gasteiger partial charge in [-0.25, -0.2) is 4.79 Å². The lowest BCUT2D eigenvalue weighted by molar-refractivity contribution is -0.124. The first-order chi connectivity index (χ1) is 11.9. The monoisotopic (exact) mass is 360 g/mol. The van der Waals surface area contributed by atoms with E-state index >= 15 is 0 Å². The van der Waals surface area contributed by atoms with E-state index in [1.165, 1.54) is 11.3 Å². The highest BCUT2D eigenvalue weighted by Crippen LogP contribution is 2.22. The number of ether oxygens (including phenoxy) is 1. The van der Waals surface area contributed by atoms with E-state index in [0.717, 1.165) is 28.1 Å². The summed E-state index contributed by atoms with van der Waals surface area (Å²) < 4.78 is 5.09. The molecule has 1 aromatic carbocycles. The van der Waals surface area contributed by atoms with Gasteiger partial charge >= 0.3 is 5.97 Å². The maximum Gasteiger partial charge on any atom is 0.348 e. The highest BCUT2D eigenvalue weighted by atomic mass is 32.1. The lowest BCUT2D eigenvalue weighted by atomic mass is 10.2. The molecule has 1 amide bonds. The fraction of sp³-hybridized carbons (Fsp3) is 0.368. The van der Waals surface area contributed by atoms with Crippen LogP contribution in [0.3, 0.4) is 0 Å². The first kappa shape index (κ1) is 19.0. The zero-order valence-corrected chi connectivity index (χ0v) is 15.9. The molecule has 0 spiro atoms. The Bertz CT molecular complexity index is 736. The molecule has 134 valence electrons. The van der Waals surface area contributed by atoms with Crippen molar-refractivity contribution < 1.29 is 14.3 Å². The minimum atomic E-state index is -0.446. The van der Waals surface area contributed by atoms with E-state index in [-0.39, 0.29) is 12.5 Å². The molecule has 0 fully saturated rings. The van der Waals surface area contributed by atoms with E-state index in [0.29, 0.717) is 11.4 Å². The predicted molar refractivity (Wildman–Crippen MR) is 101 cm³/mol. The maximum absolute atomic E-state index is 12.0. The van der Waals surface area contributed by atoms with Crippen LogP contribution in [0.5, 0.6) is 0 Å². The van der Waals surface area contributed by atoms with Crippen LogP contribution in [0.2, 0.25) is 0 Å². The van der Waals surface area contributed by atoms with Gasteiger partial charge in [0.25, 0.3) is 5.91 Å². The molecule has 5 nitrogen and oxygen atoms in total. The van der Waals surface area contributed by atoms with Crippen molar-refractivity contribution in [3.63, 3.8) is 0 Å². The van der Waals surface area contributed by atoms with Crippen LogP contribution in [-0.2, 0) is 22.5 Å². The third-order valence-electron chi connectivity index (χ3n) is 3.82. The Balaban J connectivity index is 1.79. The number of nitrogens with one attached hydrogen (secondary N) is 1. The van der Waals surface area contributed by atoms with Crippen LogP contribution in [0, 0.1) is 6.92 Å². The summed E-state index contributed by atoms with van der Waals surface area (Å²) in [6.07, 6.45) is 0.886. The smallest absolute Gasteiger partial charge is 0.348 e. The first-order valence-electron chi connectivity index (χ1n) is 8.20. The molecule has 6 heteroatoms. The largest absolute Gasteiger partial charge is 0.451 e. The number of carbonyl (C=O) groups is 2. The van der Waals surface area contributed by atoms with Gasteiger partial charge in [0.1, 0.15) is 4.88 Å². The van der Waals surface area contributed by atoms with Crippen molar-refractivity contribution >= 4 is 28.9 Å². The Morgan fingerprint density at radius 3 is 2.44 bits per heavy atom. The fourth-order valence-electron chi connectivity index (χ4n) is 2.34. The highest BCUT2D eigenvalue weighted by molar-refractivity contribution is 7.14. The Morgan fingerprint density at radius 2 is 1.88 bits per heavy atom. The van der Waals surface area contributed by atoms with Crippen LogP contribution in [0.4, 0.5) is 5.69 Å². The summed E-state index contributed by atoms with van der Waals surface area (Å²) in [6.45, 7) is 4.15. The molecule has 1 N–H and O–H groups in total. The number of hydrogen-bond donors (Lipinski definition) is 1. The molecular weight excluding hydrogens is 336 g/mol. The number of rotatable bonds is 7. The van der Waals surface area contributed by atoms with Gasteiger partial charge in [0.2, 0.25) is 0 Å². The second-order valence-corrected chi connectivity index (χ2v) is 7.12. The number of nitrogens with zero attached hydrogens (tertiary/aromatic N) is 1. The number of hydrogen-bond acceptors (Lipinski definition) is 5. The van der Waals surface area contributed by atoms with Crippen LogP contribution < -0.4 is 10.2 Å². The number of aryl methyl sites for hydroxylation is 2. The number of amides is 1. The van der Waals surface area contributed by atoms with Crippen molar-refractivity contribution in [1.82, 2.24) is 5.32 Å². The zero-order chi connectivity index (χ0) is 18.4. The second-order valence-electron chi connectivity index (χ2n) is 5.98. The summed E-state index contributed by atoms with van der Waals surface area (Å²) in [4.78, 5) is 27.6. The van der Waals surface area contributed by atoms with Gasteiger partial charge in [-0.2, -0.15) is 0 Å². The first-order valence-corrected chi connectivity index (χ1v) is 9.01. The van der Waals surface area contributed by atoms with Crippen molar-refractivity contribution in [1.29, 1.82) is 0 Å². The third-order valence-corrected chi connectivity index (χ3v) is 5.18. The number of benzene rings is 1. The van der Waals surface area contributed by atoms with E-state index in [1.807, 2.05) is 63.2 Å². The minimum Gasteiger partial charge on any atom is -0.451 e. The van der Waals surface area contributed by atoms with Gasteiger partial charge < -0.3 is 15.0 Å². The maximum atomic E-state index is 12.0. The molecule has 0 aliphatic heterocycles. The molecule has 1 heterocycles. The van der Waals surface area contributed by atoms with Crippen LogP contribution >= 0.6 is 11.3 Å². The number of esters is 1. The van der Waals surface area contributed by atoms with Gasteiger partial charge in [-0.3, -0.25) is 4.79 Å². The summed E-state index contributed by atoms with van der Waals surface area (Å²) in [7, 11) is 3.95. The van der Waals surface area contributed by atoms with Gasteiger partial charge in [0.15, 0.2) is 6.61 Å². The van der Waals surface area contributed by atoms with Gasteiger partial charge in [0.05, 0.1) is 0 Å². The molecule has 0 unspecified atom stereocenters. The van der Waals surface area contributed by atoms with E-state index in [2.05, 4.69) is 5.32 Å². The molecule has 2 aromatic rings. The lowest BCUT2D eigenvalue weighted by Crippen LogP contribution is -2.28. The van der Waals surface area contributed by atoms with Gasteiger partial charge in [-0.1, -0.05) is 19.1 Å². The summed E-state index contributed by atoms with van der Waals surface area (Å²) in [5.74, 6) is -0.757. The third kappa shape index (κ3) is 5.32. The molecule has 1 aromatic heterocycles. The topological polar surface area (TPSA) is 58.6 Å². The standard InChI is InChI=1S/C19H24N2O3S/c1-5-16-13(2)10-17(25-16)19(23)24-12-18(22)20-11-14-6-8-15(9-7-14)21(3)4/h6-10H,5,11-12H2,1-4H3,(H,20,22). The van der Waals surface area contributed by atoms with Crippen molar-refractivity contribution in [3.05, 3.63) is 51.2 Å². The Labute approximate surface area is 152 Å². The average molecular weight is 360 g/mol. The van der Waals surface area contributed by atoms with Crippen molar-refractivity contribution in [2.45, 2.75) is 26.8 Å². The minimum absolute atomic E-state index is 0.271. The molecule has 0 saturated heterocycles. The number of anilines is 1. The van der Waals surface area contributed by atoms with Crippen LogP contribution in [0.15, 0.2) is 30.3 Å². The zero-order valence-electron chi connectivity index (χ0n) is 15.1. The summed E-state index contributed by atoms with van der Waals surface area (Å²) in [6, 6.07) is 9.72. The SMILES string of the molecule is CCc1sc(C(=O)OCC(=O)NCc2ccc(N(C)C)cc2)cc1C. The fourth-order valence-corrected chi connectivity index (χ4v) is 3.34. The molecule has 0 saturated carbocycles. The van der Waals surface area contributed by atoms with E-state index in [9.17, 15) is 9.59 Å². The van der Waals surface area contributed by atoms with Crippen molar-refractivity contribution in [3.8, 4) is 0 Å². The average Bonchev–Trinajstić information content (AvgIpc) is 2.99. The lowest BCUT2D eigenvalue weighted by Gasteiger charge is -2.13. The van der Waals surface area contributed by atoms with Gasteiger partial charge in [0, 0.05) is 31.2 Å².